The van der Waals surface area contributed by atoms with Crippen LogP contribution in [0.4, 0.5) is 0 Å². The molecule has 61 heavy (non-hydrogen) atoms. The summed E-state index contributed by atoms with van der Waals surface area (Å²) >= 11 is 0. The number of hydrogen-bond acceptors (Lipinski definition) is 5. The van der Waals surface area contributed by atoms with Gasteiger partial charge in [0.05, 0.1) is 22.7 Å². The van der Waals surface area contributed by atoms with Crippen LogP contribution in [0.5, 0.6) is 0 Å². The summed E-state index contributed by atoms with van der Waals surface area (Å²) in [5.41, 5.74) is 16.6. The highest BCUT2D eigenvalue weighted by molar-refractivity contribution is 6.06. The molecule has 0 aliphatic heterocycles. The summed E-state index contributed by atoms with van der Waals surface area (Å²) in [4.78, 5) is 20.2. The van der Waals surface area contributed by atoms with Crippen LogP contribution in [0.25, 0.3) is 89.6 Å². The monoisotopic (exact) mass is 775 g/mol. The highest BCUT2D eigenvalue weighted by Crippen LogP contribution is 2.64. The smallest absolute Gasteiger partial charge is 0.164 e. The van der Waals surface area contributed by atoms with Gasteiger partial charge in [0.25, 0.3) is 0 Å². The Morgan fingerprint density at radius 2 is 1.02 bits per heavy atom. The van der Waals surface area contributed by atoms with Crippen LogP contribution in [0.1, 0.15) is 27.8 Å². The summed E-state index contributed by atoms with van der Waals surface area (Å²) in [5.74, 6) is 1.80. The van der Waals surface area contributed by atoms with Crippen LogP contribution in [0.2, 0.25) is 0 Å². The maximum absolute atomic E-state index is 9.57. The van der Waals surface area contributed by atoms with Gasteiger partial charge in [-0.05, 0) is 109 Å². The number of rotatable bonds is 5. The van der Waals surface area contributed by atoms with Crippen LogP contribution < -0.4 is 0 Å². The van der Waals surface area contributed by atoms with Crippen molar-refractivity contribution in [2.45, 2.75) is 5.41 Å². The van der Waals surface area contributed by atoms with Crippen molar-refractivity contribution in [2.75, 3.05) is 0 Å². The van der Waals surface area contributed by atoms with E-state index in [9.17, 15) is 5.26 Å². The lowest BCUT2D eigenvalue weighted by Crippen LogP contribution is -2.26. The minimum atomic E-state index is -0.631. The van der Waals surface area contributed by atoms with Gasteiger partial charge < -0.3 is 0 Å². The van der Waals surface area contributed by atoms with Crippen LogP contribution in [-0.4, -0.2) is 19.9 Å². The zero-order valence-electron chi connectivity index (χ0n) is 32.8. The summed E-state index contributed by atoms with van der Waals surface area (Å²) in [6.07, 6.45) is 1.81. The molecule has 12 rings (SSSR count). The average Bonchev–Trinajstić information content (AvgIpc) is 3.81. The highest BCUT2D eigenvalue weighted by Gasteiger charge is 2.52. The number of hydrogen-bond donors (Lipinski definition) is 0. The minimum absolute atomic E-state index is 0.593. The van der Waals surface area contributed by atoms with E-state index in [2.05, 4.69) is 126 Å². The molecule has 2 heterocycles. The fraction of sp³-hybridized carbons (Fsp3) is 0.0179. The number of nitrogens with zero attached hydrogens (tertiary/aromatic N) is 5. The second kappa shape index (κ2) is 13.6. The van der Waals surface area contributed by atoms with E-state index in [-0.39, 0.29) is 0 Å². The Morgan fingerprint density at radius 1 is 0.393 bits per heavy atom. The van der Waals surface area contributed by atoms with Crippen LogP contribution in [0.15, 0.2) is 200 Å². The maximum atomic E-state index is 9.57. The van der Waals surface area contributed by atoms with E-state index in [0.717, 1.165) is 39.1 Å². The van der Waals surface area contributed by atoms with Crippen LogP contribution in [0, 0.1) is 11.3 Å². The molecule has 2 aromatic heterocycles. The van der Waals surface area contributed by atoms with Crippen molar-refractivity contribution in [3.63, 3.8) is 0 Å². The van der Waals surface area contributed by atoms with Gasteiger partial charge in [-0.3, -0.25) is 4.98 Å². The molecule has 0 fully saturated rings. The number of nitriles is 1. The van der Waals surface area contributed by atoms with E-state index in [0.29, 0.717) is 23.0 Å². The summed E-state index contributed by atoms with van der Waals surface area (Å²) in [6, 6.07) is 70.4. The first-order chi connectivity index (χ1) is 30.2. The molecule has 1 atom stereocenters. The van der Waals surface area contributed by atoms with Crippen molar-refractivity contribution in [1.29, 1.82) is 5.26 Å². The summed E-state index contributed by atoms with van der Waals surface area (Å²) in [7, 11) is 0. The normalized spacial score (nSPS) is 14.3. The molecule has 0 saturated heterocycles. The molecule has 0 amide bonds. The fourth-order valence-corrected chi connectivity index (χ4v) is 9.71. The van der Waals surface area contributed by atoms with Gasteiger partial charge in [0.1, 0.15) is 0 Å². The molecule has 5 heteroatoms. The Bertz CT molecular complexity index is 3420. The third-order valence-corrected chi connectivity index (χ3v) is 12.4. The highest BCUT2D eigenvalue weighted by atomic mass is 15.0. The van der Waals surface area contributed by atoms with Crippen molar-refractivity contribution >= 4 is 10.8 Å². The SMILES string of the molecule is N#Cc1ccc(-c2ccc3c(c2)C2(c4cc(-c5nc(-c6ccccc6)nc(-c6cccc(-c7ccccn7)c6)n5)ccc4-3)c3ccccc3-c3c2ccc2ccccc32)cc1. The van der Waals surface area contributed by atoms with E-state index in [4.69, 9.17) is 15.0 Å². The Labute approximate surface area is 353 Å². The van der Waals surface area contributed by atoms with Gasteiger partial charge in [-0.2, -0.15) is 5.26 Å². The third kappa shape index (κ3) is 5.33. The van der Waals surface area contributed by atoms with Gasteiger partial charge in [-0.15, -0.1) is 0 Å². The first kappa shape index (κ1) is 34.7. The fourth-order valence-electron chi connectivity index (χ4n) is 9.71. The quantitative estimate of drug-likeness (QED) is 0.174. The van der Waals surface area contributed by atoms with Crippen molar-refractivity contribution in [3.8, 4) is 84.9 Å². The van der Waals surface area contributed by atoms with Crippen molar-refractivity contribution < 1.29 is 0 Å². The first-order valence-electron chi connectivity index (χ1n) is 20.4. The number of aromatic nitrogens is 4. The summed E-state index contributed by atoms with van der Waals surface area (Å²) < 4.78 is 0. The molecule has 0 radical (unpaired) electrons. The van der Waals surface area contributed by atoms with Crippen LogP contribution >= 0.6 is 0 Å². The standard InChI is InChI=1S/C56H33N5/c57-34-35-20-22-36(23-21-35)39-24-27-44-45-28-25-42(33-50(45)56(49(44)32-39)47-18-7-6-17-46(47)52-43-16-5-4-11-37(43)26-29-48(52)56)55-60-53(38-12-2-1-3-13-38)59-54(61-55)41-15-10-14-40(31-41)51-19-8-9-30-58-51/h1-33H. The molecule has 8 aromatic carbocycles. The topological polar surface area (TPSA) is 75.3 Å². The average molecular weight is 776 g/mol. The molecule has 282 valence electrons. The maximum Gasteiger partial charge on any atom is 0.164 e. The summed E-state index contributed by atoms with van der Waals surface area (Å²) in [5, 5.41) is 12.0. The number of pyridine rings is 1. The zero-order valence-corrected chi connectivity index (χ0v) is 32.8. The third-order valence-electron chi connectivity index (χ3n) is 12.4. The van der Waals surface area contributed by atoms with Gasteiger partial charge in [0.15, 0.2) is 17.5 Å². The Hall–Kier alpha value is -8.33. The zero-order chi connectivity index (χ0) is 40.5. The van der Waals surface area contributed by atoms with E-state index >= 15 is 0 Å². The molecule has 1 spiro atoms. The molecule has 5 nitrogen and oxygen atoms in total. The molecule has 1 unspecified atom stereocenters. The molecule has 10 aromatic rings. The molecule has 0 saturated carbocycles. The van der Waals surface area contributed by atoms with Crippen molar-refractivity contribution in [2.24, 2.45) is 0 Å². The van der Waals surface area contributed by atoms with Gasteiger partial charge >= 0.3 is 0 Å². The Kier molecular flexibility index (Phi) is 7.75. The van der Waals surface area contributed by atoms with Crippen molar-refractivity contribution in [3.05, 3.63) is 228 Å². The van der Waals surface area contributed by atoms with Crippen LogP contribution in [-0.2, 0) is 5.41 Å². The minimum Gasteiger partial charge on any atom is -0.256 e. The molecule has 0 bridgehead atoms. The van der Waals surface area contributed by atoms with Crippen molar-refractivity contribution in [1.82, 2.24) is 19.9 Å². The number of benzene rings is 8. The summed E-state index contributed by atoms with van der Waals surface area (Å²) in [6.45, 7) is 0. The Morgan fingerprint density at radius 3 is 1.79 bits per heavy atom. The predicted molar refractivity (Wildman–Crippen MR) is 243 cm³/mol. The van der Waals surface area contributed by atoms with Gasteiger partial charge in [-0.25, -0.2) is 15.0 Å². The predicted octanol–water partition coefficient (Wildman–Crippen LogP) is 13.0. The Balaban J connectivity index is 1.11. The molecular weight excluding hydrogens is 743 g/mol. The molecule has 2 aliphatic rings. The van der Waals surface area contributed by atoms with Crippen LogP contribution in [0.3, 0.4) is 0 Å². The van der Waals surface area contributed by atoms with E-state index in [1.165, 1.54) is 55.3 Å². The molecule has 2 aliphatic carbocycles. The lowest BCUT2D eigenvalue weighted by atomic mass is 9.70. The second-order valence-electron chi connectivity index (χ2n) is 15.7. The van der Waals surface area contributed by atoms with Gasteiger partial charge in [-0.1, -0.05) is 152 Å². The molecule has 0 N–H and O–H groups in total. The second-order valence-corrected chi connectivity index (χ2v) is 15.7. The van der Waals surface area contributed by atoms with E-state index in [1.807, 2.05) is 85.1 Å². The number of fused-ring (bicyclic) bond motifs is 12. The molecular formula is C56H33N5. The van der Waals surface area contributed by atoms with E-state index in [1.54, 1.807) is 0 Å². The lowest BCUT2D eigenvalue weighted by molar-refractivity contribution is 0.795. The van der Waals surface area contributed by atoms with E-state index < -0.39 is 5.41 Å². The largest absolute Gasteiger partial charge is 0.256 e. The first-order valence-corrected chi connectivity index (χ1v) is 20.4. The van der Waals surface area contributed by atoms with Gasteiger partial charge in [0.2, 0.25) is 0 Å². The van der Waals surface area contributed by atoms with Gasteiger partial charge in [0, 0.05) is 28.5 Å². The lowest BCUT2D eigenvalue weighted by Gasteiger charge is -2.31.